The second kappa shape index (κ2) is 11.1. The van der Waals surface area contributed by atoms with Crippen molar-refractivity contribution in [2.75, 3.05) is 32.9 Å². The van der Waals surface area contributed by atoms with E-state index in [4.69, 9.17) is 21.1 Å². The van der Waals surface area contributed by atoms with E-state index >= 15 is 0 Å². The minimum absolute atomic E-state index is 0.389. The third-order valence-electron chi connectivity index (χ3n) is 3.63. The van der Waals surface area contributed by atoms with Crippen LogP contribution >= 0.6 is 11.6 Å². The molecule has 6 heteroatoms. The Kier molecular flexibility index (Phi) is 8.69. The van der Waals surface area contributed by atoms with E-state index in [0.29, 0.717) is 37.2 Å². The number of aromatic nitrogens is 1. The molecule has 0 saturated heterocycles. The van der Waals surface area contributed by atoms with Crippen LogP contribution in [-0.4, -0.2) is 43.0 Å². The smallest absolute Gasteiger partial charge is 0.129 e. The molecule has 1 heterocycles. The van der Waals surface area contributed by atoms with E-state index in [1.165, 1.54) is 5.56 Å². The molecule has 0 spiro atoms. The number of nitrogens with one attached hydrogen (secondary N) is 1. The Hall–Kier alpha value is -1.66. The molecule has 136 valence electrons. The summed E-state index contributed by atoms with van der Waals surface area (Å²) < 4.78 is 10.8. The number of hydrogen-bond acceptors (Lipinski definition) is 5. The molecular weight excluding hydrogens is 340 g/mol. The highest BCUT2D eigenvalue weighted by atomic mass is 35.5. The Bertz CT molecular complexity index is 622. The second-order valence-corrected chi connectivity index (χ2v) is 5.93. The van der Waals surface area contributed by atoms with Gasteiger partial charge in [-0.2, -0.15) is 0 Å². The van der Waals surface area contributed by atoms with Gasteiger partial charge in [-0.15, -0.1) is 0 Å². The molecule has 2 rings (SSSR count). The maximum absolute atomic E-state index is 10.1. The van der Waals surface area contributed by atoms with E-state index in [1.807, 2.05) is 31.2 Å². The first-order valence-corrected chi connectivity index (χ1v) is 8.87. The third-order valence-corrected chi connectivity index (χ3v) is 3.84. The zero-order valence-corrected chi connectivity index (χ0v) is 15.2. The van der Waals surface area contributed by atoms with E-state index in [1.54, 1.807) is 18.2 Å². The van der Waals surface area contributed by atoms with E-state index in [9.17, 15) is 5.11 Å². The number of aliphatic hydroxyl groups is 1. The number of hydrogen-bond donors (Lipinski definition) is 2. The number of ether oxygens (including phenoxy) is 2. The van der Waals surface area contributed by atoms with Crippen molar-refractivity contribution in [3.8, 4) is 5.75 Å². The highest BCUT2D eigenvalue weighted by Gasteiger charge is 2.08. The Morgan fingerprint density at radius 1 is 1.16 bits per heavy atom. The number of aliphatic hydroxyl groups excluding tert-OH is 1. The van der Waals surface area contributed by atoms with E-state index < -0.39 is 6.10 Å². The van der Waals surface area contributed by atoms with Gasteiger partial charge in [0.05, 0.1) is 12.3 Å². The van der Waals surface area contributed by atoms with Gasteiger partial charge in [-0.1, -0.05) is 29.8 Å². The van der Waals surface area contributed by atoms with Gasteiger partial charge in [0.15, 0.2) is 0 Å². The predicted molar refractivity (Wildman–Crippen MR) is 99.2 cm³/mol. The lowest BCUT2D eigenvalue weighted by Gasteiger charge is -2.12. The van der Waals surface area contributed by atoms with Crippen molar-refractivity contribution in [2.45, 2.75) is 19.4 Å². The molecule has 2 N–H and O–H groups in total. The number of halogens is 1. The van der Waals surface area contributed by atoms with Gasteiger partial charge in [-0.3, -0.25) is 0 Å². The zero-order chi connectivity index (χ0) is 17.9. The van der Waals surface area contributed by atoms with Crippen LogP contribution in [0.4, 0.5) is 0 Å². The van der Waals surface area contributed by atoms with Gasteiger partial charge in [0, 0.05) is 13.2 Å². The van der Waals surface area contributed by atoms with E-state index in [0.717, 1.165) is 18.7 Å². The van der Waals surface area contributed by atoms with Crippen molar-refractivity contribution >= 4 is 11.6 Å². The quantitative estimate of drug-likeness (QED) is 0.474. The average molecular weight is 365 g/mol. The predicted octanol–water partition coefficient (Wildman–Crippen LogP) is 3.02. The molecule has 0 bridgehead atoms. The minimum atomic E-state index is -0.667. The fourth-order valence-electron chi connectivity index (χ4n) is 2.30. The molecule has 0 aliphatic heterocycles. The number of benzene rings is 1. The summed E-state index contributed by atoms with van der Waals surface area (Å²) in [4.78, 5) is 4.11. The van der Waals surface area contributed by atoms with Crippen molar-refractivity contribution in [2.24, 2.45) is 0 Å². The standard InChI is InChI=1S/C19H25ClN2O3/c1-2-24-12-13-25-16-8-6-15(7-9-16)10-11-21-14-18(23)17-4-3-5-19(20)22-17/h3-9,18,21,23H,2,10-14H2,1H3. The van der Waals surface area contributed by atoms with Crippen LogP contribution in [0.2, 0.25) is 5.15 Å². The van der Waals surface area contributed by atoms with Gasteiger partial charge in [-0.05, 0) is 49.7 Å². The molecule has 0 radical (unpaired) electrons. The number of pyridine rings is 1. The monoisotopic (exact) mass is 364 g/mol. The molecule has 0 aliphatic carbocycles. The summed E-state index contributed by atoms with van der Waals surface area (Å²) >= 11 is 5.83. The van der Waals surface area contributed by atoms with Crippen LogP contribution in [0.25, 0.3) is 0 Å². The highest BCUT2D eigenvalue weighted by molar-refractivity contribution is 6.29. The topological polar surface area (TPSA) is 63.6 Å². The molecule has 1 atom stereocenters. The largest absolute Gasteiger partial charge is 0.491 e. The summed E-state index contributed by atoms with van der Waals surface area (Å²) in [6.45, 7) is 5.04. The summed E-state index contributed by atoms with van der Waals surface area (Å²) in [5.74, 6) is 0.846. The lowest BCUT2D eigenvalue weighted by atomic mass is 10.1. The molecule has 5 nitrogen and oxygen atoms in total. The first kappa shape index (κ1) is 19.7. The fraction of sp³-hybridized carbons (Fsp3) is 0.421. The van der Waals surface area contributed by atoms with Crippen molar-refractivity contribution in [1.82, 2.24) is 10.3 Å². The summed E-state index contributed by atoms with van der Waals surface area (Å²) in [7, 11) is 0. The lowest BCUT2D eigenvalue weighted by Crippen LogP contribution is -2.24. The van der Waals surface area contributed by atoms with Crippen LogP contribution in [-0.2, 0) is 11.2 Å². The van der Waals surface area contributed by atoms with Gasteiger partial charge in [0.2, 0.25) is 0 Å². The van der Waals surface area contributed by atoms with E-state index in [2.05, 4.69) is 10.3 Å². The van der Waals surface area contributed by atoms with Gasteiger partial charge >= 0.3 is 0 Å². The Labute approximate surface area is 154 Å². The van der Waals surface area contributed by atoms with E-state index in [-0.39, 0.29) is 0 Å². The van der Waals surface area contributed by atoms with Crippen molar-refractivity contribution in [3.63, 3.8) is 0 Å². The maximum Gasteiger partial charge on any atom is 0.129 e. The first-order valence-electron chi connectivity index (χ1n) is 8.49. The Morgan fingerprint density at radius 2 is 1.96 bits per heavy atom. The first-order chi connectivity index (χ1) is 12.2. The molecule has 25 heavy (non-hydrogen) atoms. The van der Waals surface area contributed by atoms with Crippen molar-refractivity contribution < 1.29 is 14.6 Å². The molecule has 1 unspecified atom stereocenters. The van der Waals surface area contributed by atoms with Crippen LogP contribution in [0.5, 0.6) is 5.75 Å². The average Bonchev–Trinajstić information content (AvgIpc) is 2.63. The van der Waals surface area contributed by atoms with Gasteiger partial charge < -0.3 is 19.9 Å². The summed E-state index contributed by atoms with van der Waals surface area (Å²) in [5.41, 5.74) is 1.79. The number of rotatable bonds is 11. The summed E-state index contributed by atoms with van der Waals surface area (Å²) in [6, 6.07) is 13.3. The molecule has 0 aliphatic rings. The van der Waals surface area contributed by atoms with Gasteiger partial charge in [0.1, 0.15) is 23.6 Å². The Balaban J connectivity index is 1.66. The Morgan fingerprint density at radius 3 is 2.68 bits per heavy atom. The molecular formula is C19H25ClN2O3. The van der Waals surface area contributed by atoms with Crippen molar-refractivity contribution in [1.29, 1.82) is 0 Å². The molecule has 1 aromatic carbocycles. The normalized spacial score (nSPS) is 12.1. The molecule has 2 aromatic rings. The van der Waals surface area contributed by atoms with Crippen LogP contribution in [0.15, 0.2) is 42.5 Å². The third kappa shape index (κ3) is 7.40. The maximum atomic E-state index is 10.1. The highest BCUT2D eigenvalue weighted by Crippen LogP contribution is 2.14. The van der Waals surface area contributed by atoms with Gasteiger partial charge in [0.25, 0.3) is 0 Å². The fourth-order valence-corrected chi connectivity index (χ4v) is 2.47. The molecule has 1 aromatic heterocycles. The number of nitrogens with zero attached hydrogens (tertiary/aromatic N) is 1. The summed E-state index contributed by atoms with van der Waals surface area (Å²) in [6.07, 6.45) is 0.203. The van der Waals surface area contributed by atoms with Crippen LogP contribution in [0, 0.1) is 0 Å². The molecule has 0 amide bonds. The summed E-state index contributed by atoms with van der Waals surface area (Å²) in [5, 5.41) is 13.7. The zero-order valence-electron chi connectivity index (χ0n) is 14.5. The van der Waals surface area contributed by atoms with Crippen LogP contribution < -0.4 is 10.1 Å². The second-order valence-electron chi connectivity index (χ2n) is 5.54. The lowest BCUT2D eigenvalue weighted by molar-refractivity contribution is 0.110. The minimum Gasteiger partial charge on any atom is -0.491 e. The van der Waals surface area contributed by atoms with Crippen LogP contribution in [0.3, 0.4) is 0 Å². The SMILES string of the molecule is CCOCCOc1ccc(CCNCC(O)c2cccc(Cl)n2)cc1. The van der Waals surface area contributed by atoms with Crippen molar-refractivity contribution in [3.05, 3.63) is 58.9 Å². The van der Waals surface area contributed by atoms with Crippen LogP contribution in [0.1, 0.15) is 24.3 Å². The molecule has 0 saturated carbocycles. The van der Waals surface area contributed by atoms with Gasteiger partial charge in [-0.25, -0.2) is 4.98 Å². The molecule has 0 fully saturated rings.